The van der Waals surface area contributed by atoms with Gasteiger partial charge in [-0.05, 0) is 43.3 Å². The quantitative estimate of drug-likeness (QED) is 0.344. The van der Waals surface area contributed by atoms with Crippen molar-refractivity contribution in [3.63, 3.8) is 0 Å². The van der Waals surface area contributed by atoms with E-state index in [4.69, 9.17) is 27.9 Å². The number of rotatable bonds is 3. The number of hydrogen-bond acceptors (Lipinski definition) is 7. The monoisotopic (exact) mass is 623 g/mol. The Balaban J connectivity index is 0.000000171. The molecule has 14 heteroatoms. The highest BCUT2D eigenvalue weighted by atomic mass is 35.5. The number of imidazole rings is 2. The molecule has 2 aromatic carbocycles. The number of nitrogens with zero attached hydrogens (tertiary/aromatic N) is 6. The van der Waals surface area contributed by atoms with E-state index in [0.29, 0.717) is 56.2 Å². The van der Waals surface area contributed by atoms with E-state index in [2.05, 4.69) is 15.3 Å². The Morgan fingerprint density at radius 2 is 1.30 bits per heavy atom. The van der Waals surface area contributed by atoms with Gasteiger partial charge in [0.1, 0.15) is 12.7 Å². The van der Waals surface area contributed by atoms with Crippen molar-refractivity contribution in [1.29, 1.82) is 0 Å². The van der Waals surface area contributed by atoms with E-state index in [9.17, 15) is 19.2 Å². The Hall–Kier alpha value is -4.68. The molecule has 12 nitrogen and oxygen atoms in total. The first-order valence-electron chi connectivity index (χ1n) is 13.2. The second-order valence-electron chi connectivity index (χ2n) is 9.76. The molecule has 2 aliphatic rings. The second-order valence-corrected chi connectivity index (χ2v) is 10.6. The molecule has 222 valence electrons. The number of halogens is 2. The largest absolute Gasteiger partial charge is 0.461 e. The lowest BCUT2D eigenvalue weighted by atomic mass is 10.1. The predicted octanol–water partition coefficient (Wildman–Crippen LogP) is 3.76. The second kappa shape index (κ2) is 11.9. The number of nitrogens with one attached hydrogen (secondary N) is 1. The summed E-state index contributed by atoms with van der Waals surface area (Å²) in [5, 5.41) is 3.53. The van der Waals surface area contributed by atoms with E-state index >= 15 is 0 Å². The number of hydrogen-bond donors (Lipinski definition) is 1. The van der Waals surface area contributed by atoms with Crippen LogP contribution in [0.5, 0.6) is 0 Å². The van der Waals surface area contributed by atoms with Gasteiger partial charge in [-0.3, -0.25) is 23.5 Å². The van der Waals surface area contributed by atoms with E-state index < -0.39 is 5.97 Å². The van der Waals surface area contributed by atoms with E-state index in [1.165, 1.54) is 11.2 Å². The summed E-state index contributed by atoms with van der Waals surface area (Å²) >= 11 is 12.0. The molecule has 0 saturated heterocycles. The average molecular weight is 624 g/mol. The molecule has 0 atom stereocenters. The van der Waals surface area contributed by atoms with Crippen LogP contribution in [0.2, 0.25) is 10.0 Å². The third-order valence-corrected chi connectivity index (χ3v) is 7.48. The molecular formula is C29H27Cl2N7O5. The first-order valence-corrected chi connectivity index (χ1v) is 13.9. The average Bonchev–Trinajstić information content (AvgIpc) is 3.55. The fraction of sp³-hybridized carbons (Fsp3) is 0.241. The van der Waals surface area contributed by atoms with Crippen molar-refractivity contribution in [2.45, 2.75) is 20.0 Å². The van der Waals surface area contributed by atoms with Crippen LogP contribution < -0.4 is 5.32 Å². The minimum absolute atomic E-state index is 0.140. The standard InChI is InChI=1S/C15H14ClN3O3.C14H13ClN4O2/c1-3-22-15(21)13-12-7-18(2)14(20)10-6-9(16)4-5-11(10)19(12)8-17-13;1-16-13(20)12-11-6-18(2)14(21)9-5-8(15)3-4-10(9)19(11)7-17-12/h4-6,8H,3,7H2,1-2H3;3-5,7H,6H2,1-2H3,(H,16,20). The Labute approximate surface area is 256 Å². The first-order chi connectivity index (χ1) is 20.5. The summed E-state index contributed by atoms with van der Waals surface area (Å²) in [6.07, 6.45) is 3.08. The molecule has 2 aromatic heterocycles. The zero-order valence-electron chi connectivity index (χ0n) is 23.7. The molecular weight excluding hydrogens is 597 g/mol. The molecule has 0 bridgehead atoms. The van der Waals surface area contributed by atoms with E-state index in [1.54, 1.807) is 84.8 Å². The third-order valence-electron chi connectivity index (χ3n) is 7.01. The van der Waals surface area contributed by atoms with Gasteiger partial charge in [0.25, 0.3) is 17.7 Å². The van der Waals surface area contributed by atoms with Gasteiger partial charge >= 0.3 is 5.97 Å². The molecule has 0 spiro atoms. The van der Waals surface area contributed by atoms with Crippen molar-refractivity contribution < 1.29 is 23.9 Å². The normalized spacial score (nSPS) is 13.4. The number of ether oxygens (including phenoxy) is 1. The summed E-state index contributed by atoms with van der Waals surface area (Å²) < 4.78 is 8.52. The Bertz CT molecular complexity index is 1780. The van der Waals surface area contributed by atoms with Gasteiger partial charge in [-0.1, -0.05) is 23.2 Å². The van der Waals surface area contributed by atoms with Gasteiger partial charge in [-0.2, -0.15) is 0 Å². The number of benzene rings is 2. The van der Waals surface area contributed by atoms with E-state index in [0.717, 1.165) is 0 Å². The van der Waals surface area contributed by atoms with Crippen LogP contribution in [-0.2, 0) is 17.8 Å². The highest BCUT2D eigenvalue weighted by Crippen LogP contribution is 2.29. The molecule has 0 saturated carbocycles. The minimum atomic E-state index is -0.491. The van der Waals surface area contributed by atoms with Crippen LogP contribution >= 0.6 is 23.2 Å². The Morgan fingerprint density at radius 3 is 1.77 bits per heavy atom. The highest BCUT2D eigenvalue weighted by Gasteiger charge is 2.30. The maximum Gasteiger partial charge on any atom is 0.358 e. The molecule has 3 amide bonds. The zero-order valence-corrected chi connectivity index (χ0v) is 25.2. The molecule has 4 heterocycles. The number of carbonyl (C=O) groups is 4. The number of esters is 1. The first kappa shape index (κ1) is 29.8. The van der Waals surface area contributed by atoms with Crippen LogP contribution in [0.4, 0.5) is 0 Å². The van der Waals surface area contributed by atoms with Crippen LogP contribution in [0, 0.1) is 0 Å². The van der Waals surface area contributed by atoms with Crippen molar-refractivity contribution in [3.8, 4) is 11.4 Å². The van der Waals surface area contributed by atoms with E-state index in [-0.39, 0.29) is 36.6 Å². The molecule has 6 rings (SSSR count). The summed E-state index contributed by atoms with van der Waals surface area (Å²) in [7, 11) is 4.90. The summed E-state index contributed by atoms with van der Waals surface area (Å²) in [6, 6.07) is 10.2. The predicted molar refractivity (Wildman–Crippen MR) is 158 cm³/mol. The summed E-state index contributed by atoms with van der Waals surface area (Å²) in [5.74, 6) is -1.06. The van der Waals surface area contributed by atoms with Gasteiger partial charge in [-0.15, -0.1) is 0 Å². The fourth-order valence-corrected chi connectivity index (χ4v) is 5.27. The minimum Gasteiger partial charge on any atom is -0.461 e. The smallest absolute Gasteiger partial charge is 0.358 e. The van der Waals surface area contributed by atoms with Crippen LogP contribution in [0.25, 0.3) is 11.4 Å². The summed E-state index contributed by atoms with van der Waals surface area (Å²) in [6.45, 7) is 2.57. The Morgan fingerprint density at radius 1 is 0.837 bits per heavy atom. The van der Waals surface area contributed by atoms with Gasteiger partial charge in [0.2, 0.25) is 0 Å². The SMILES string of the molecule is CCOC(=O)c1ncn2c1CN(C)C(=O)c1cc(Cl)ccc1-2.CNC(=O)c1ncn2c1CN(C)C(=O)c1cc(Cl)ccc1-2. The van der Waals surface area contributed by atoms with Crippen LogP contribution in [0.1, 0.15) is 60.0 Å². The molecule has 43 heavy (non-hydrogen) atoms. The van der Waals surface area contributed by atoms with Crippen LogP contribution in [-0.4, -0.2) is 80.3 Å². The summed E-state index contributed by atoms with van der Waals surface area (Å²) in [4.78, 5) is 60.2. The van der Waals surface area contributed by atoms with Crippen molar-refractivity contribution in [3.05, 3.63) is 93.0 Å². The zero-order chi connectivity index (χ0) is 31.0. The fourth-order valence-electron chi connectivity index (χ4n) is 4.93. The lowest BCUT2D eigenvalue weighted by Gasteiger charge is -2.14. The van der Waals surface area contributed by atoms with Crippen LogP contribution in [0.15, 0.2) is 49.1 Å². The number of carbonyl (C=O) groups excluding carboxylic acids is 4. The van der Waals surface area contributed by atoms with Gasteiger partial charge in [0.05, 0.1) is 53.6 Å². The molecule has 0 radical (unpaired) electrons. The number of fused-ring (bicyclic) bond motifs is 6. The van der Waals surface area contributed by atoms with Gasteiger partial charge in [0.15, 0.2) is 11.4 Å². The third kappa shape index (κ3) is 5.46. The molecule has 2 aliphatic heterocycles. The van der Waals surface area contributed by atoms with Gasteiger partial charge in [0, 0.05) is 31.2 Å². The number of aromatic nitrogens is 4. The molecule has 0 unspecified atom stereocenters. The maximum absolute atomic E-state index is 12.5. The lowest BCUT2D eigenvalue weighted by molar-refractivity contribution is 0.0515. The molecule has 4 aromatic rings. The van der Waals surface area contributed by atoms with Crippen LogP contribution in [0.3, 0.4) is 0 Å². The number of amides is 3. The van der Waals surface area contributed by atoms with Crippen molar-refractivity contribution >= 4 is 46.9 Å². The Kier molecular flexibility index (Phi) is 8.25. The topological polar surface area (TPSA) is 132 Å². The van der Waals surface area contributed by atoms with Crippen molar-refractivity contribution in [2.24, 2.45) is 0 Å². The summed E-state index contributed by atoms with van der Waals surface area (Å²) in [5.41, 5.74) is 4.13. The highest BCUT2D eigenvalue weighted by molar-refractivity contribution is 6.31. The van der Waals surface area contributed by atoms with Crippen molar-refractivity contribution in [1.82, 2.24) is 34.2 Å². The maximum atomic E-state index is 12.5. The molecule has 1 N–H and O–H groups in total. The molecule has 0 fully saturated rings. The van der Waals surface area contributed by atoms with Crippen molar-refractivity contribution in [2.75, 3.05) is 27.7 Å². The van der Waals surface area contributed by atoms with E-state index in [1.807, 2.05) is 0 Å². The van der Waals surface area contributed by atoms with Gasteiger partial charge < -0.3 is 19.9 Å². The molecule has 0 aliphatic carbocycles. The van der Waals surface area contributed by atoms with Gasteiger partial charge in [-0.25, -0.2) is 14.8 Å². The lowest BCUT2D eigenvalue weighted by Crippen LogP contribution is -2.27.